The van der Waals surface area contributed by atoms with Crippen molar-refractivity contribution in [2.45, 2.75) is 50.9 Å². The number of aliphatic hydroxyl groups excluding tert-OH is 1. The van der Waals surface area contributed by atoms with Gasteiger partial charge in [0.15, 0.2) is 0 Å². The summed E-state index contributed by atoms with van der Waals surface area (Å²) >= 11 is 0. The molecule has 2 atom stereocenters. The van der Waals surface area contributed by atoms with Crippen molar-refractivity contribution in [3.63, 3.8) is 0 Å². The zero-order valence-corrected chi connectivity index (χ0v) is 22.2. The van der Waals surface area contributed by atoms with Crippen molar-refractivity contribution in [2.24, 2.45) is 11.7 Å². The number of nitrogens with two attached hydrogens (primary N) is 1. The van der Waals surface area contributed by atoms with E-state index in [0.717, 1.165) is 30.8 Å². The standard InChI is InChI=1S/C29H34F2N4O4/c1-29(2,31)17-34-9-7-18(8-10-34)16-39-26-6-4-19(11-21(26)14-32)20-3-5-23(24(30)12-20)28(38)35-15-22(36)13-25(35)27(33)37/h3-6,11-12,18,22,25,36H,7-10,13,15-17H2,1-2H3,(H2,33,37)/t22?,25-/m0/s1. The van der Waals surface area contributed by atoms with E-state index in [-0.39, 0.29) is 18.5 Å². The third-order valence-corrected chi connectivity index (χ3v) is 7.28. The number of β-amino-alcohol motifs (C(OH)–C–C–N with tert-alkyl or cyclic N) is 1. The molecular weight excluding hydrogens is 506 g/mol. The van der Waals surface area contributed by atoms with Gasteiger partial charge >= 0.3 is 0 Å². The van der Waals surface area contributed by atoms with Crippen LogP contribution in [-0.2, 0) is 4.79 Å². The number of rotatable bonds is 8. The van der Waals surface area contributed by atoms with Crippen LogP contribution < -0.4 is 10.5 Å². The normalized spacial score (nSPS) is 20.6. The predicted octanol–water partition coefficient (Wildman–Crippen LogP) is 3.26. The zero-order valence-electron chi connectivity index (χ0n) is 22.2. The van der Waals surface area contributed by atoms with E-state index in [9.17, 15) is 24.3 Å². The molecule has 2 fully saturated rings. The molecule has 208 valence electrons. The SMILES string of the molecule is CC(C)(F)CN1CCC(COc2ccc(-c3ccc(C(=O)N4CC(O)C[C@H]4C(N)=O)c(F)c3)cc2C#N)CC1. The number of amides is 2. The highest BCUT2D eigenvalue weighted by Gasteiger charge is 2.38. The number of carbonyl (C=O) groups is 2. The average molecular weight is 541 g/mol. The minimum atomic E-state index is -1.23. The quantitative estimate of drug-likeness (QED) is 0.531. The number of halogens is 2. The van der Waals surface area contributed by atoms with Gasteiger partial charge in [0.2, 0.25) is 5.91 Å². The molecule has 2 amide bonds. The number of hydrogen-bond acceptors (Lipinski definition) is 6. The summed E-state index contributed by atoms with van der Waals surface area (Å²) in [6, 6.07) is 10.2. The van der Waals surface area contributed by atoms with Gasteiger partial charge in [0.1, 0.15) is 29.3 Å². The molecule has 2 saturated heterocycles. The average Bonchev–Trinajstić information content (AvgIpc) is 3.29. The van der Waals surface area contributed by atoms with Gasteiger partial charge in [-0.3, -0.25) is 9.59 Å². The number of nitriles is 1. The van der Waals surface area contributed by atoms with E-state index in [1.165, 1.54) is 12.1 Å². The summed E-state index contributed by atoms with van der Waals surface area (Å²) in [4.78, 5) is 27.8. The number of benzene rings is 2. The van der Waals surface area contributed by atoms with E-state index in [0.29, 0.717) is 41.5 Å². The monoisotopic (exact) mass is 540 g/mol. The van der Waals surface area contributed by atoms with Crippen LogP contribution in [0.1, 0.15) is 49.0 Å². The van der Waals surface area contributed by atoms with Gasteiger partial charge in [0.25, 0.3) is 5.91 Å². The van der Waals surface area contributed by atoms with Crippen LogP contribution in [-0.4, -0.2) is 77.3 Å². The molecule has 0 aromatic heterocycles. The Kier molecular flexibility index (Phi) is 8.52. The van der Waals surface area contributed by atoms with E-state index in [2.05, 4.69) is 11.0 Å². The molecule has 1 unspecified atom stereocenters. The van der Waals surface area contributed by atoms with Crippen LogP contribution in [0.3, 0.4) is 0 Å². The molecule has 2 aromatic rings. The van der Waals surface area contributed by atoms with Crippen LogP contribution >= 0.6 is 0 Å². The van der Waals surface area contributed by atoms with Crippen molar-refractivity contribution in [1.82, 2.24) is 9.80 Å². The van der Waals surface area contributed by atoms with Crippen LogP contribution in [0.5, 0.6) is 5.75 Å². The summed E-state index contributed by atoms with van der Waals surface area (Å²) in [5.41, 5.74) is 5.23. The first-order valence-corrected chi connectivity index (χ1v) is 13.1. The molecular formula is C29H34F2N4O4. The summed E-state index contributed by atoms with van der Waals surface area (Å²) in [5.74, 6) is -1.52. The van der Waals surface area contributed by atoms with Crippen molar-refractivity contribution >= 4 is 11.8 Å². The lowest BCUT2D eigenvalue weighted by molar-refractivity contribution is -0.121. The van der Waals surface area contributed by atoms with Gasteiger partial charge in [-0.05, 0) is 81.1 Å². The van der Waals surface area contributed by atoms with E-state index in [4.69, 9.17) is 10.5 Å². The Bertz CT molecular complexity index is 1260. The number of alkyl halides is 1. The molecule has 0 aliphatic carbocycles. The molecule has 2 aliphatic rings. The second-order valence-electron chi connectivity index (χ2n) is 11.0. The molecule has 2 aliphatic heterocycles. The van der Waals surface area contributed by atoms with Gasteiger partial charge in [-0.1, -0.05) is 12.1 Å². The van der Waals surface area contributed by atoms with Crippen LogP contribution in [0, 0.1) is 23.1 Å². The fraction of sp³-hybridized carbons (Fsp3) is 0.483. The Morgan fingerprint density at radius 1 is 1.18 bits per heavy atom. The van der Waals surface area contributed by atoms with Crippen molar-refractivity contribution in [1.29, 1.82) is 5.26 Å². The second-order valence-corrected chi connectivity index (χ2v) is 11.0. The zero-order chi connectivity index (χ0) is 28.3. The third-order valence-electron chi connectivity index (χ3n) is 7.28. The number of primary amides is 1. The van der Waals surface area contributed by atoms with E-state index < -0.39 is 35.4 Å². The summed E-state index contributed by atoms with van der Waals surface area (Å²) in [5, 5.41) is 19.6. The number of likely N-dealkylation sites (tertiary alicyclic amines) is 2. The van der Waals surface area contributed by atoms with E-state index in [1.54, 1.807) is 38.1 Å². The van der Waals surface area contributed by atoms with Crippen LogP contribution in [0.4, 0.5) is 8.78 Å². The predicted molar refractivity (Wildman–Crippen MR) is 141 cm³/mol. The lowest BCUT2D eigenvalue weighted by atomic mass is 9.96. The van der Waals surface area contributed by atoms with Crippen molar-refractivity contribution < 1.29 is 28.2 Å². The number of hydrogen-bond donors (Lipinski definition) is 2. The second kappa shape index (κ2) is 11.7. The largest absolute Gasteiger partial charge is 0.492 e. The maximum Gasteiger partial charge on any atom is 0.257 e. The molecule has 2 heterocycles. The van der Waals surface area contributed by atoms with Crippen molar-refractivity contribution in [2.75, 3.05) is 32.8 Å². The van der Waals surface area contributed by atoms with Crippen LogP contribution in [0.15, 0.2) is 36.4 Å². The summed E-state index contributed by atoms with van der Waals surface area (Å²) in [6.45, 7) is 5.52. The fourth-order valence-electron chi connectivity index (χ4n) is 5.30. The Hall–Kier alpha value is -3.55. The highest BCUT2D eigenvalue weighted by Crippen LogP contribution is 2.30. The lowest BCUT2D eigenvalue weighted by Crippen LogP contribution is -2.44. The molecule has 39 heavy (non-hydrogen) atoms. The van der Waals surface area contributed by atoms with Crippen LogP contribution in [0.2, 0.25) is 0 Å². The number of aliphatic hydroxyl groups is 1. The molecule has 2 aromatic carbocycles. The van der Waals surface area contributed by atoms with E-state index in [1.807, 2.05) is 0 Å². The van der Waals surface area contributed by atoms with Gasteiger partial charge in [-0.15, -0.1) is 0 Å². The maximum absolute atomic E-state index is 15.0. The van der Waals surface area contributed by atoms with Gasteiger partial charge in [-0.25, -0.2) is 8.78 Å². The molecule has 0 radical (unpaired) electrons. The molecule has 3 N–H and O–H groups in total. The Morgan fingerprint density at radius 3 is 2.46 bits per heavy atom. The number of ether oxygens (including phenoxy) is 1. The maximum atomic E-state index is 15.0. The lowest BCUT2D eigenvalue weighted by Gasteiger charge is -2.34. The first-order chi connectivity index (χ1) is 18.4. The van der Waals surface area contributed by atoms with Gasteiger partial charge in [0, 0.05) is 19.5 Å². The Labute approximate surface area is 226 Å². The summed E-state index contributed by atoms with van der Waals surface area (Å²) < 4.78 is 34.9. The molecule has 0 bridgehead atoms. The van der Waals surface area contributed by atoms with E-state index >= 15 is 4.39 Å². The highest BCUT2D eigenvalue weighted by atomic mass is 19.1. The smallest absolute Gasteiger partial charge is 0.257 e. The molecule has 10 heteroatoms. The number of nitrogens with zero attached hydrogens (tertiary/aromatic N) is 3. The van der Waals surface area contributed by atoms with Crippen molar-refractivity contribution in [3.05, 3.63) is 53.3 Å². The first kappa shape index (κ1) is 28.5. The highest BCUT2D eigenvalue weighted by molar-refractivity contribution is 5.98. The Morgan fingerprint density at radius 2 is 1.85 bits per heavy atom. The molecule has 8 nitrogen and oxygen atoms in total. The van der Waals surface area contributed by atoms with Gasteiger partial charge < -0.3 is 25.4 Å². The molecule has 0 saturated carbocycles. The summed E-state index contributed by atoms with van der Waals surface area (Å²) in [6.07, 6.45) is 0.886. The van der Waals surface area contributed by atoms with Crippen molar-refractivity contribution in [3.8, 4) is 22.9 Å². The first-order valence-electron chi connectivity index (χ1n) is 13.1. The van der Waals surface area contributed by atoms with Crippen LogP contribution in [0.25, 0.3) is 11.1 Å². The topological polar surface area (TPSA) is 120 Å². The fourth-order valence-corrected chi connectivity index (χ4v) is 5.30. The van der Waals surface area contributed by atoms with Gasteiger partial charge in [0.05, 0.1) is 23.8 Å². The molecule has 0 spiro atoms. The number of carbonyl (C=O) groups excluding carboxylic acids is 2. The minimum absolute atomic E-state index is 0.0167. The molecule has 4 rings (SSSR count). The summed E-state index contributed by atoms with van der Waals surface area (Å²) in [7, 11) is 0. The minimum Gasteiger partial charge on any atom is -0.492 e. The van der Waals surface area contributed by atoms with Gasteiger partial charge in [-0.2, -0.15) is 5.26 Å². The Balaban J connectivity index is 1.41. The number of piperidine rings is 1. The third kappa shape index (κ3) is 6.91.